The molecular weight excluding hydrogens is 252 g/mol. The normalized spacial score (nSPS) is 15.6. The monoisotopic (exact) mass is 268 g/mol. The summed E-state index contributed by atoms with van der Waals surface area (Å²) in [7, 11) is 0. The van der Waals surface area contributed by atoms with Gasteiger partial charge in [-0.1, -0.05) is 6.92 Å². The molecule has 1 aliphatic heterocycles. The molecule has 1 atom stereocenters. The quantitative estimate of drug-likeness (QED) is 0.566. The summed E-state index contributed by atoms with van der Waals surface area (Å²) >= 11 is 1.56. The average molecular weight is 268 g/mol. The van der Waals surface area contributed by atoms with E-state index in [-0.39, 0.29) is 25.0 Å². The SMILES string of the molecule is CC(CO)CSc1cc2c(cc1N)OCC(=O)N2. The number of aliphatic hydroxyl groups is 1. The number of fused-ring (bicyclic) bond motifs is 1. The van der Waals surface area contributed by atoms with Crippen LogP contribution in [0.2, 0.25) is 0 Å². The summed E-state index contributed by atoms with van der Waals surface area (Å²) in [5, 5.41) is 11.7. The van der Waals surface area contributed by atoms with Gasteiger partial charge in [-0.2, -0.15) is 0 Å². The fourth-order valence-electron chi connectivity index (χ4n) is 1.53. The van der Waals surface area contributed by atoms with Crippen LogP contribution in [0.25, 0.3) is 0 Å². The highest BCUT2D eigenvalue weighted by Crippen LogP contribution is 2.37. The first-order chi connectivity index (χ1) is 8.60. The first-order valence-electron chi connectivity index (χ1n) is 5.70. The van der Waals surface area contributed by atoms with Gasteiger partial charge in [0, 0.05) is 29.0 Å². The van der Waals surface area contributed by atoms with Gasteiger partial charge in [0.15, 0.2) is 6.61 Å². The van der Waals surface area contributed by atoms with E-state index in [9.17, 15) is 4.79 Å². The Kier molecular flexibility index (Phi) is 3.98. The molecule has 1 heterocycles. The molecule has 4 N–H and O–H groups in total. The van der Waals surface area contributed by atoms with Gasteiger partial charge in [-0.05, 0) is 12.0 Å². The standard InChI is InChI=1S/C12H16N2O3S/c1-7(4-15)6-18-11-3-9-10(2-8(11)13)17-5-12(16)14-9/h2-3,7,15H,4-6,13H2,1H3,(H,14,16). The molecule has 1 aromatic carbocycles. The van der Waals surface area contributed by atoms with Crippen molar-refractivity contribution in [1.82, 2.24) is 0 Å². The van der Waals surface area contributed by atoms with E-state index in [1.165, 1.54) is 0 Å². The van der Waals surface area contributed by atoms with Crippen LogP contribution in [0.4, 0.5) is 11.4 Å². The minimum Gasteiger partial charge on any atom is -0.482 e. The molecule has 1 amide bonds. The second kappa shape index (κ2) is 5.49. The Balaban J connectivity index is 2.16. The summed E-state index contributed by atoms with van der Waals surface area (Å²) in [5.74, 6) is 1.42. The third kappa shape index (κ3) is 2.88. The predicted octanol–water partition coefficient (Wildman–Crippen LogP) is 1.32. The number of anilines is 2. The zero-order chi connectivity index (χ0) is 13.1. The third-order valence-electron chi connectivity index (χ3n) is 2.58. The van der Waals surface area contributed by atoms with Gasteiger partial charge in [0.1, 0.15) is 5.75 Å². The first-order valence-corrected chi connectivity index (χ1v) is 6.68. The molecule has 5 nitrogen and oxygen atoms in total. The van der Waals surface area contributed by atoms with Crippen LogP contribution in [-0.2, 0) is 4.79 Å². The molecule has 0 radical (unpaired) electrons. The van der Waals surface area contributed by atoms with Crippen molar-refractivity contribution in [2.75, 3.05) is 30.0 Å². The van der Waals surface area contributed by atoms with Crippen LogP contribution in [0.1, 0.15) is 6.92 Å². The van der Waals surface area contributed by atoms with E-state index in [1.54, 1.807) is 17.8 Å². The minimum atomic E-state index is -0.160. The lowest BCUT2D eigenvalue weighted by molar-refractivity contribution is -0.118. The van der Waals surface area contributed by atoms with Crippen molar-refractivity contribution in [3.8, 4) is 5.75 Å². The van der Waals surface area contributed by atoms with Gasteiger partial charge >= 0.3 is 0 Å². The maximum absolute atomic E-state index is 11.2. The molecule has 18 heavy (non-hydrogen) atoms. The van der Waals surface area contributed by atoms with Gasteiger partial charge in [-0.25, -0.2) is 0 Å². The highest BCUT2D eigenvalue weighted by atomic mass is 32.2. The minimum absolute atomic E-state index is 0.0282. The number of hydrogen-bond acceptors (Lipinski definition) is 5. The number of aliphatic hydroxyl groups excluding tert-OH is 1. The molecule has 0 spiro atoms. The number of hydrogen-bond donors (Lipinski definition) is 3. The van der Waals surface area contributed by atoms with Crippen molar-refractivity contribution in [3.63, 3.8) is 0 Å². The van der Waals surface area contributed by atoms with Gasteiger partial charge in [0.05, 0.1) is 5.69 Å². The van der Waals surface area contributed by atoms with Crippen LogP contribution in [0.5, 0.6) is 5.75 Å². The van der Waals surface area contributed by atoms with Gasteiger partial charge in [0.25, 0.3) is 5.91 Å². The Bertz CT molecular complexity index is 465. The lowest BCUT2D eigenvalue weighted by Gasteiger charge is -2.20. The van der Waals surface area contributed by atoms with Crippen LogP contribution in [-0.4, -0.2) is 30.0 Å². The number of benzene rings is 1. The summed E-state index contributed by atoms with van der Waals surface area (Å²) in [4.78, 5) is 12.1. The van der Waals surface area contributed by atoms with E-state index < -0.39 is 0 Å². The Morgan fingerprint density at radius 1 is 1.61 bits per heavy atom. The first kappa shape index (κ1) is 13.0. The zero-order valence-corrected chi connectivity index (χ0v) is 10.9. The zero-order valence-electron chi connectivity index (χ0n) is 10.1. The van der Waals surface area contributed by atoms with Crippen molar-refractivity contribution in [1.29, 1.82) is 0 Å². The molecule has 1 aliphatic rings. The summed E-state index contributed by atoms with van der Waals surface area (Å²) in [6.45, 7) is 2.14. The number of nitrogens with one attached hydrogen (secondary N) is 1. The molecule has 0 saturated carbocycles. The number of thioether (sulfide) groups is 1. The molecule has 6 heteroatoms. The van der Waals surface area contributed by atoms with Crippen molar-refractivity contribution in [2.45, 2.75) is 11.8 Å². The number of ether oxygens (including phenoxy) is 1. The third-order valence-corrected chi connectivity index (χ3v) is 3.98. The van der Waals surface area contributed by atoms with E-state index in [2.05, 4.69) is 5.32 Å². The van der Waals surface area contributed by atoms with Crippen molar-refractivity contribution >= 4 is 29.0 Å². The van der Waals surface area contributed by atoms with Crippen LogP contribution < -0.4 is 15.8 Å². The summed E-state index contributed by atoms with van der Waals surface area (Å²) in [6, 6.07) is 3.54. The molecule has 0 fully saturated rings. The molecule has 1 unspecified atom stereocenters. The Morgan fingerprint density at radius 2 is 2.39 bits per heavy atom. The van der Waals surface area contributed by atoms with E-state index in [0.717, 1.165) is 10.6 Å². The number of amides is 1. The number of nitrogen functional groups attached to an aromatic ring is 1. The van der Waals surface area contributed by atoms with E-state index in [0.29, 0.717) is 17.1 Å². The lowest BCUT2D eigenvalue weighted by Crippen LogP contribution is -2.25. The molecule has 0 aromatic heterocycles. The maximum Gasteiger partial charge on any atom is 0.262 e. The molecule has 0 aliphatic carbocycles. The number of nitrogens with two attached hydrogens (primary N) is 1. The van der Waals surface area contributed by atoms with Crippen LogP contribution in [0, 0.1) is 5.92 Å². The molecule has 0 saturated heterocycles. The van der Waals surface area contributed by atoms with Gasteiger partial charge in [-0.3, -0.25) is 4.79 Å². The Hall–Kier alpha value is -1.40. The van der Waals surface area contributed by atoms with Crippen molar-refractivity contribution in [3.05, 3.63) is 12.1 Å². The van der Waals surface area contributed by atoms with Crippen LogP contribution in [0.15, 0.2) is 17.0 Å². The maximum atomic E-state index is 11.2. The van der Waals surface area contributed by atoms with Crippen molar-refractivity contribution in [2.24, 2.45) is 5.92 Å². The van der Waals surface area contributed by atoms with Gasteiger partial charge in [0.2, 0.25) is 0 Å². The smallest absolute Gasteiger partial charge is 0.262 e. The summed E-state index contributed by atoms with van der Waals surface area (Å²) in [6.07, 6.45) is 0. The Morgan fingerprint density at radius 3 is 3.11 bits per heavy atom. The molecule has 2 rings (SSSR count). The predicted molar refractivity (Wildman–Crippen MR) is 72.0 cm³/mol. The highest BCUT2D eigenvalue weighted by Gasteiger charge is 2.18. The molecule has 0 bridgehead atoms. The van der Waals surface area contributed by atoms with E-state index in [4.69, 9.17) is 15.6 Å². The van der Waals surface area contributed by atoms with Crippen LogP contribution in [0.3, 0.4) is 0 Å². The van der Waals surface area contributed by atoms with Gasteiger partial charge < -0.3 is 20.9 Å². The van der Waals surface area contributed by atoms with Crippen LogP contribution >= 0.6 is 11.8 Å². The molecule has 1 aromatic rings. The van der Waals surface area contributed by atoms with Gasteiger partial charge in [-0.15, -0.1) is 11.8 Å². The number of carbonyl (C=O) groups is 1. The van der Waals surface area contributed by atoms with E-state index >= 15 is 0 Å². The highest BCUT2D eigenvalue weighted by molar-refractivity contribution is 7.99. The lowest BCUT2D eigenvalue weighted by atomic mass is 10.2. The second-order valence-corrected chi connectivity index (χ2v) is 5.38. The van der Waals surface area contributed by atoms with Crippen molar-refractivity contribution < 1.29 is 14.6 Å². The number of carbonyl (C=O) groups excluding carboxylic acids is 1. The average Bonchev–Trinajstić information content (AvgIpc) is 2.36. The van der Waals surface area contributed by atoms with E-state index in [1.807, 2.05) is 13.0 Å². The fourth-order valence-corrected chi connectivity index (χ4v) is 2.53. The molecule has 98 valence electrons. The Labute approximate surface area is 110 Å². The summed E-state index contributed by atoms with van der Waals surface area (Å²) in [5.41, 5.74) is 7.21. The fraction of sp³-hybridized carbons (Fsp3) is 0.417. The second-order valence-electron chi connectivity index (χ2n) is 4.32. The largest absolute Gasteiger partial charge is 0.482 e. The molecular formula is C12H16N2O3S. The number of rotatable bonds is 4. The topological polar surface area (TPSA) is 84.6 Å². The summed E-state index contributed by atoms with van der Waals surface area (Å²) < 4.78 is 5.28.